The molecule has 6 nitrogen and oxygen atoms in total. The van der Waals surface area contributed by atoms with Gasteiger partial charge in [0.2, 0.25) is 11.8 Å². The number of hydrogen-bond donors (Lipinski definition) is 1. The van der Waals surface area contributed by atoms with Gasteiger partial charge < -0.3 is 0 Å². The number of aromatic nitrogens is 2. The molecule has 0 aliphatic carbocycles. The summed E-state index contributed by atoms with van der Waals surface area (Å²) in [5, 5.41) is 2.32. The first-order valence-electron chi connectivity index (χ1n) is 7.01. The molecule has 112 valence electrons. The molecule has 1 saturated heterocycles. The molecule has 1 fully saturated rings. The van der Waals surface area contributed by atoms with E-state index in [9.17, 15) is 14.4 Å². The van der Waals surface area contributed by atoms with E-state index < -0.39 is 11.9 Å². The van der Waals surface area contributed by atoms with Gasteiger partial charge in [-0.05, 0) is 18.6 Å². The maximum absolute atomic E-state index is 12.8. The van der Waals surface area contributed by atoms with Gasteiger partial charge in [-0.15, -0.1) is 0 Å². The first kappa shape index (κ1) is 13.5. The van der Waals surface area contributed by atoms with Crippen LogP contribution in [0.25, 0.3) is 17.1 Å². The van der Waals surface area contributed by atoms with Crippen molar-refractivity contribution in [2.45, 2.75) is 25.4 Å². The van der Waals surface area contributed by atoms with Crippen molar-refractivity contribution in [3.8, 4) is 0 Å². The van der Waals surface area contributed by atoms with Crippen LogP contribution in [0.5, 0.6) is 0 Å². The van der Waals surface area contributed by atoms with Crippen molar-refractivity contribution in [2.24, 2.45) is 0 Å². The Hall–Kier alpha value is -2.15. The number of carbonyl (C=O) groups excluding carboxylic acids is 2. The Morgan fingerprint density at radius 2 is 2.05 bits per heavy atom. The molecule has 0 radical (unpaired) electrons. The van der Waals surface area contributed by atoms with Crippen LogP contribution in [0.2, 0.25) is 0 Å². The van der Waals surface area contributed by atoms with E-state index in [4.69, 9.17) is 0 Å². The first-order chi connectivity index (χ1) is 10.6. The standard InChI is InChI=1S/C15H12BrN3O3/c16-9-3-4-10-13-8(9)2-1-7-18(13)15(22)19(10)11-5-6-12(20)17-14(11)21/h1-4,11H,5-7H2,(H,17,20,21). The number of halogens is 1. The van der Waals surface area contributed by atoms with E-state index in [1.54, 1.807) is 4.57 Å². The molecule has 1 aromatic carbocycles. The van der Waals surface area contributed by atoms with Crippen LogP contribution in [0.4, 0.5) is 0 Å². The van der Waals surface area contributed by atoms with Crippen LogP contribution in [-0.4, -0.2) is 20.9 Å². The van der Waals surface area contributed by atoms with E-state index in [0.29, 0.717) is 13.0 Å². The van der Waals surface area contributed by atoms with Crippen molar-refractivity contribution in [1.82, 2.24) is 14.5 Å². The lowest BCUT2D eigenvalue weighted by atomic mass is 10.1. The zero-order valence-corrected chi connectivity index (χ0v) is 13.1. The molecule has 3 heterocycles. The lowest BCUT2D eigenvalue weighted by Gasteiger charge is -2.21. The fraction of sp³-hybridized carbons (Fsp3) is 0.267. The molecule has 2 aromatic rings. The highest BCUT2D eigenvalue weighted by atomic mass is 79.9. The number of benzene rings is 1. The number of nitrogens with zero attached hydrogens (tertiary/aromatic N) is 2. The highest BCUT2D eigenvalue weighted by Gasteiger charge is 2.32. The highest BCUT2D eigenvalue weighted by Crippen LogP contribution is 2.32. The SMILES string of the molecule is O=C1CCC(n2c(=O)n3c4c(c(Br)ccc42)C=CC3)C(=O)N1. The number of piperidine rings is 1. The minimum absolute atomic E-state index is 0.215. The third-order valence-electron chi connectivity index (χ3n) is 4.20. The van der Waals surface area contributed by atoms with Crippen LogP contribution < -0.4 is 11.0 Å². The van der Waals surface area contributed by atoms with Gasteiger partial charge in [0.05, 0.1) is 11.0 Å². The van der Waals surface area contributed by atoms with Crippen LogP contribution >= 0.6 is 15.9 Å². The summed E-state index contributed by atoms with van der Waals surface area (Å²) >= 11 is 3.50. The molecule has 2 amide bonds. The summed E-state index contributed by atoms with van der Waals surface area (Å²) in [6.07, 6.45) is 4.49. The monoisotopic (exact) mass is 361 g/mol. The maximum atomic E-state index is 12.8. The lowest BCUT2D eigenvalue weighted by Crippen LogP contribution is -2.44. The second-order valence-corrected chi connectivity index (χ2v) is 6.32. The number of hydrogen-bond acceptors (Lipinski definition) is 3. The number of imide groups is 1. The van der Waals surface area contributed by atoms with Gasteiger partial charge in [0.25, 0.3) is 0 Å². The van der Waals surface area contributed by atoms with E-state index in [1.807, 2.05) is 24.3 Å². The van der Waals surface area contributed by atoms with E-state index >= 15 is 0 Å². The van der Waals surface area contributed by atoms with Gasteiger partial charge in [0.15, 0.2) is 0 Å². The number of imidazole rings is 1. The lowest BCUT2D eigenvalue weighted by molar-refractivity contribution is -0.135. The fourth-order valence-electron chi connectivity index (χ4n) is 3.21. The van der Waals surface area contributed by atoms with Crippen molar-refractivity contribution in [2.75, 3.05) is 0 Å². The van der Waals surface area contributed by atoms with E-state index in [-0.39, 0.29) is 18.0 Å². The van der Waals surface area contributed by atoms with E-state index in [1.165, 1.54) is 4.57 Å². The summed E-state index contributed by atoms with van der Waals surface area (Å²) < 4.78 is 4.09. The van der Waals surface area contributed by atoms with Crippen molar-refractivity contribution in [3.63, 3.8) is 0 Å². The summed E-state index contributed by atoms with van der Waals surface area (Å²) in [5.74, 6) is -0.693. The quantitative estimate of drug-likeness (QED) is 0.783. The Morgan fingerprint density at radius 3 is 2.82 bits per heavy atom. The number of allylic oxidation sites excluding steroid dienone is 1. The average molecular weight is 362 g/mol. The second kappa shape index (κ2) is 4.67. The molecular formula is C15H12BrN3O3. The van der Waals surface area contributed by atoms with Crippen LogP contribution in [0.3, 0.4) is 0 Å². The van der Waals surface area contributed by atoms with Crippen LogP contribution in [0.15, 0.2) is 27.5 Å². The molecule has 0 bridgehead atoms. The van der Waals surface area contributed by atoms with Gasteiger partial charge in [-0.25, -0.2) is 4.79 Å². The Kier molecular flexibility index (Phi) is 2.87. The normalized spacial score (nSPS) is 20.5. The van der Waals surface area contributed by atoms with Crippen molar-refractivity contribution in [1.29, 1.82) is 0 Å². The maximum Gasteiger partial charge on any atom is 0.330 e. The van der Waals surface area contributed by atoms with Crippen LogP contribution in [0.1, 0.15) is 24.4 Å². The predicted molar refractivity (Wildman–Crippen MR) is 84.4 cm³/mol. The van der Waals surface area contributed by atoms with Gasteiger partial charge in [-0.1, -0.05) is 28.1 Å². The van der Waals surface area contributed by atoms with Crippen molar-refractivity contribution >= 4 is 44.9 Å². The van der Waals surface area contributed by atoms with Gasteiger partial charge in [-0.3, -0.25) is 24.0 Å². The summed E-state index contributed by atoms with van der Waals surface area (Å²) in [5.41, 5.74) is 2.27. The smallest absolute Gasteiger partial charge is 0.295 e. The van der Waals surface area contributed by atoms with Crippen molar-refractivity contribution < 1.29 is 9.59 Å². The number of rotatable bonds is 1. The molecule has 1 unspecified atom stereocenters. The summed E-state index contributed by atoms with van der Waals surface area (Å²) in [4.78, 5) is 36.2. The molecule has 0 spiro atoms. The van der Waals surface area contributed by atoms with E-state index in [0.717, 1.165) is 21.1 Å². The molecule has 0 saturated carbocycles. The van der Waals surface area contributed by atoms with E-state index in [2.05, 4.69) is 21.2 Å². The Labute approximate surface area is 133 Å². The summed E-state index contributed by atoms with van der Waals surface area (Å²) in [6.45, 7) is 0.485. The molecule has 7 heteroatoms. The summed E-state index contributed by atoms with van der Waals surface area (Å²) in [7, 11) is 0. The Morgan fingerprint density at radius 1 is 1.23 bits per heavy atom. The molecule has 2 aliphatic heterocycles. The molecule has 1 aromatic heterocycles. The molecule has 1 atom stereocenters. The van der Waals surface area contributed by atoms with Crippen LogP contribution in [0, 0.1) is 0 Å². The number of nitrogens with one attached hydrogen (secondary N) is 1. The second-order valence-electron chi connectivity index (χ2n) is 5.46. The molecule has 22 heavy (non-hydrogen) atoms. The van der Waals surface area contributed by atoms with Gasteiger partial charge in [-0.2, -0.15) is 0 Å². The van der Waals surface area contributed by atoms with Gasteiger partial charge in [0, 0.05) is 23.0 Å². The Balaban J connectivity index is 1.99. The average Bonchev–Trinajstić information content (AvgIpc) is 2.78. The molecule has 2 aliphatic rings. The number of amides is 2. The molecular weight excluding hydrogens is 350 g/mol. The first-order valence-corrected chi connectivity index (χ1v) is 7.80. The largest absolute Gasteiger partial charge is 0.330 e. The summed E-state index contributed by atoms with van der Waals surface area (Å²) in [6, 6.07) is 3.07. The topological polar surface area (TPSA) is 73.1 Å². The molecule has 1 N–H and O–H groups in total. The van der Waals surface area contributed by atoms with Gasteiger partial charge in [0.1, 0.15) is 6.04 Å². The fourth-order valence-corrected chi connectivity index (χ4v) is 3.66. The predicted octanol–water partition coefficient (Wildman–Crippen LogP) is 1.57. The zero-order chi connectivity index (χ0) is 15.4. The van der Waals surface area contributed by atoms with Crippen LogP contribution in [-0.2, 0) is 16.1 Å². The van der Waals surface area contributed by atoms with Gasteiger partial charge >= 0.3 is 5.69 Å². The molecule has 4 rings (SSSR count). The minimum atomic E-state index is -0.638. The third-order valence-corrected chi connectivity index (χ3v) is 4.89. The Bertz CT molecular complexity index is 922. The zero-order valence-electron chi connectivity index (χ0n) is 11.5. The third kappa shape index (κ3) is 1.75. The van der Waals surface area contributed by atoms with Crippen molar-refractivity contribution in [3.05, 3.63) is 38.7 Å². The highest BCUT2D eigenvalue weighted by molar-refractivity contribution is 9.10. The minimum Gasteiger partial charge on any atom is -0.295 e. The number of carbonyl (C=O) groups is 2.